The van der Waals surface area contributed by atoms with E-state index in [1.165, 1.54) is 40.2 Å². The minimum absolute atomic E-state index is 0.0909. The van der Waals surface area contributed by atoms with Gasteiger partial charge in [0.15, 0.2) is 5.82 Å². The predicted octanol–water partition coefficient (Wildman–Crippen LogP) is 6.33. The first-order valence-corrected chi connectivity index (χ1v) is 18.0. The molecule has 0 saturated carbocycles. The smallest absolute Gasteiger partial charge is 0.310 e. The third-order valence-corrected chi connectivity index (χ3v) is 11.0. The fourth-order valence-electron chi connectivity index (χ4n) is 6.22. The van der Waals surface area contributed by atoms with Gasteiger partial charge >= 0.3 is 5.97 Å². The lowest BCUT2D eigenvalue weighted by atomic mass is 9.90. The second-order valence-corrected chi connectivity index (χ2v) is 15.4. The Bertz CT molecular complexity index is 1770. The number of aliphatic carboxylic acids is 1. The summed E-state index contributed by atoms with van der Waals surface area (Å²) >= 11 is 1.42. The van der Waals surface area contributed by atoms with Gasteiger partial charge in [-0.1, -0.05) is 82.6 Å². The number of nitrogens with zero attached hydrogens (tertiary/aromatic N) is 4. The minimum atomic E-state index is -0.916. The predicted molar refractivity (Wildman–Crippen MR) is 193 cm³/mol. The van der Waals surface area contributed by atoms with Crippen LogP contribution in [0.25, 0.3) is 11.4 Å². The Kier molecular flexibility index (Phi) is 10.2. The summed E-state index contributed by atoms with van der Waals surface area (Å²) in [6.07, 6.45) is 7.59. The molecule has 0 spiro atoms. The Balaban J connectivity index is 1.08. The van der Waals surface area contributed by atoms with E-state index in [1.807, 2.05) is 42.7 Å². The van der Waals surface area contributed by atoms with E-state index in [2.05, 4.69) is 72.1 Å². The molecule has 4 aromatic rings. The number of carbonyl (C=O) groups is 3. The standard InChI is InChI=1S/C39H45N5O4S/c1-5-6-7-25-8-12-27(13-9-25)29-21-43(22-29)31-19-40-35(41-20-31)28-14-10-26(11-15-28)18-32(37(46)44-23-30(24-44)38(47)48)42-36(45)33-16-17-34(49-33)39(2,3)4/h8-17,19-20,29-30,32H,5-7,18,21-24H2,1-4H3,(H,42,45)(H,47,48)/t32-/m0/s1. The quantitative estimate of drug-likeness (QED) is 0.180. The fourth-order valence-corrected chi connectivity index (χ4v) is 7.19. The molecule has 6 rings (SSSR count). The molecule has 10 heteroatoms. The zero-order chi connectivity index (χ0) is 34.7. The van der Waals surface area contributed by atoms with Crippen LogP contribution in [0.4, 0.5) is 5.69 Å². The van der Waals surface area contributed by atoms with Gasteiger partial charge in [0.1, 0.15) is 6.04 Å². The van der Waals surface area contributed by atoms with Gasteiger partial charge in [0.25, 0.3) is 5.91 Å². The van der Waals surface area contributed by atoms with E-state index in [4.69, 9.17) is 0 Å². The van der Waals surface area contributed by atoms with E-state index in [-0.39, 0.29) is 36.7 Å². The zero-order valence-corrected chi connectivity index (χ0v) is 29.5. The van der Waals surface area contributed by atoms with Crippen molar-refractivity contribution in [2.24, 2.45) is 5.92 Å². The third-order valence-electron chi connectivity index (χ3n) is 9.52. The van der Waals surface area contributed by atoms with Crippen molar-refractivity contribution in [1.29, 1.82) is 0 Å². The number of thiophene rings is 1. The third kappa shape index (κ3) is 8.02. The molecule has 49 heavy (non-hydrogen) atoms. The highest BCUT2D eigenvalue weighted by molar-refractivity contribution is 7.14. The van der Waals surface area contributed by atoms with Crippen LogP contribution in [0.1, 0.15) is 77.7 Å². The molecule has 2 amide bonds. The van der Waals surface area contributed by atoms with Gasteiger partial charge < -0.3 is 20.2 Å². The largest absolute Gasteiger partial charge is 0.481 e. The van der Waals surface area contributed by atoms with Crippen LogP contribution in [0.3, 0.4) is 0 Å². The number of unbranched alkanes of at least 4 members (excludes halogenated alkanes) is 1. The van der Waals surface area contributed by atoms with E-state index in [1.54, 1.807) is 6.07 Å². The van der Waals surface area contributed by atoms with Crippen LogP contribution < -0.4 is 10.2 Å². The second kappa shape index (κ2) is 14.5. The van der Waals surface area contributed by atoms with Crippen LogP contribution in [0.2, 0.25) is 0 Å². The monoisotopic (exact) mass is 679 g/mol. The van der Waals surface area contributed by atoms with Crippen LogP contribution in [-0.2, 0) is 27.8 Å². The first-order chi connectivity index (χ1) is 23.5. The lowest BCUT2D eigenvalue weighted by Crippen LogP contribution is -2.59. The number of carboxylic acids is 1. The highest BCUT2D eigenvalue weighted by Crippen LogP contribution is 2.32. The molecule has 0 bridgehead atoms. The molecule has 2 aromatic carbocycles. The Labute approximate surface area is 292 Å². The van der Waals surface area contributed by atoms with E-state index in [0.717, 1.165) is 41.2 Å². The fraction of sp³-hybridized carbons (Fsp3) is 0.410. The van der Waals surface area contributed by atoms with E-state index >= 15 is 0 Å². The van der Waals surface area contributed by atoms with Gasteiger partial charge in [-0.25, -0.2) is 9.97 Å². The first-order valence-electron chi connectivity index (χ1n) is 17.2. The van der Waals surface area contributed by atoms with Crippen molar-refractivity contribution in [3.63, 3.8) is 0 Å². The maximum absolute atomic E-state index is 13.5. The number of benzene rings is 2. The summed E-state index contributed by atoms with van der Waals surface area (Å²) < 4.78 is 0. The van der Waals surface area contributed by atoms with Crippen molar-refractivity contribution in [3.8, 4) is 11.4 Å². The number of nitrogens with one attached hydrogen (secondary N) is 1. The summed E-state index contributed by atoms with van der Waals surface area (Å²) in [7, 11) is 0. The number of hydrogen-bond donors (Lipinski definition) is 2. The SMILES string of the molecule is CCCCc1ccc(C2CN(c3cnc(-c4ccc(C[C@H](NC(=O)c5ccc(C(C)(C)C)s5)C(=O)N5CC(C(=O)O)C5)cc4)nc3)C2)cc1. The van der Waals surface area contributed by atoms with Gasteiger partial charge in [0.2, 0.25) is 5.91 Å². The number of carbonyl (C=O) groups excluding carboxylic acids is 2. The van der Waals surface area contributed by atoms with Crippen LogP contribution in [0, 0.1) is 5.92 Å². The normalized spacial score (nSPS) is 15.8. The average molecular weight is 680 g/mol. The Hall–Kier alpha value is -4.57. The number of hydrogen-bond acceptors (Lipinski definition) is 7. The Morgan fingerprint density at radius 3 is 2.16 bits per heavy atom. The van der Waals surface area contributed by atoms with Gasteiger partial charge in [-0.3, -0.25) is 14.4 Å². The molecule has 2 saturated heterocycles. The molecule has 2 aliphatic rings. The van der Waals surface area contributed by atoms with Gasteiger partial charge in [-0.2, -0.15) is 0 Å². The van der Waals surface area contributed by atoms with Crippen LogP contribution in [0.15, 0.2) is 73.1 Å². The van der Waals surface area contributed by atoms with Gasteiger partial charge in [-0.05, 0) is 47.1 Å². The molecule has 9 nitrogen and oxygen atoms in total. The van der Waals surface area contributed by atoms with Gasteiger partial charge in [0, 0.05) is 49.0 Å². The summed E-state index contributed by atoms with van der Waals surface area (Å²) in [5.41, 5.74) is 5.42. The molecule has 1 atom stereocenters. The molecular formula is C39H45N5O4S. The first kappa shape index (κ1) is 34.3. The van der Waals surface area contributed by atoms with Gasteiger partial charge in [0.05, 0.1) is 28.9 Å². The lowest BCUT2D eigenvalue weighted by molar-refractivity contribution is -0.153. The van der Waals surface area contributed by atoms with Crippen molar-refractivity contribution in [2.45, 2.75) is 70.8 Å². The number of aromatic nitrogens is 2. The summed E-state index contributed by atoms with van der Waals surface area (Å²) in [4.78, 5) is 52.8. The minimum Gasteiger partial charge on any atom is -0.481 e. The van der Waals surface area contributed by atoms with Crippen molar-refractivity contribution in [3.05, 3.63) is 99.5 Å². The molecule has 2 aliphatic heterocycles. The Morgan fingerprint density at radius 1 is 0.918 bits per heavy atom. The van der Waals surface area contributed by atoms with Crippen molar-refractivity contribution >= 4 is 34.8 Å². The van der Waals surface area contributed by atoms with Crippen LogP contribution >= 0.6 is 11.3 Å². The number of anilines is 1. The maximum Gasteiger partial charge on any atom is 0.310 e. The zero-order valence-electron chi connectivity index (χ0n) is 28.7. The maximum atomic E-state index is 13.5. The molecule has 2 N–H and O–H groups in total. The second-order valence-electron chi connectivity index (χ2n) is 14.3. The number of amides is 2. The number of aryl methyl sites for hydroxylation is 1. The summed E-state index contributed by atoms with van der Waals surface area (Å²) in [5, 5.41) is 12.2. The molecule has 0 unspecified atom stereocenters. The average Bonchev–Trinajstić information content (AvgIpc) is 3.55. The van der Waals surface area contributed by atoms with E-state index < -0.39 is 17.9 Å². The van der Waals surface area contributed by atoms with Crippen molar-refractivity contribution in [2.75, 3.05) is 31.1 Å². The topological polar surface area (TPSA) is 116 Å². The number of carboxylic acid groups (broad SMARTS) is 1. The molecule has 256 valence electrons. The number of likely N-dealkylation sites (tertiary alicyclic amines) is 1. The Morgan fingerprint density at radius 2 is 1.57 bits per heavy atom. The summed E-state index contributed by atoms with van der Waals surface area (Å²) in [6, 6.07) is 19.7. The van der Waals surface area contributed by atoms with E-state index in [0.29, 0.717) is 16.6 Å². The lowest BCUT2D eigenvalue weighted by Gasteiger charge is -2.41. The van der Waals surface area contributed by atoms with Crippen LogP contribution in [-0.4, -0.2) is 70.0 Å². The molecular weight excluding hydrogens is 635 g/mol. The molecule has 2 fully saturated rings. The van der Waals surface area contributed by atoms with Crippen molar-refractivity contribution < 1.29 is 19.5 Å². The highest BCUT2D eigenvalue weighted by Gasteiger charge is 2.39. The van der Waals surface area contributed by atoms with E-state index in [9.17, 15) is 19.5 Å². The summed E-state index contributed by atoms with van der Waals surface area (Å²) in [5.74, 6) is -0.955. The van der Waals surface area contributed by atoms with Crippen LogP contribution in [0.5, 0.6) is 0 Å². The molecule has 4 heterocycles. The summed E-state index contributed by atoms with van der Waals surface area (Å²) in [6.45, 7) is 10.7. The van der Waals surface area contributed by atoms with Crippen molar-refractivity contribution in [1.82, 2.24) is 20.2 Å². The number of rotatable bonds is 12. The molecule has 0 aliphatic carbocycles. The van der Waals surface area contributed by atoms with Gasteiger partial charge in [-0.15, -0.1) is 11.3 Å². The molecule has 0 radical (unpaired) electrons. The molecule has 2 aromatic heterocycles. The highest BCUT2D eigenvalue weighted by atomic mass is 32.1.